The van der Waals surface area contributed by atoms with E-state index >= 15 is 0 Å². The topological polar surface area (TPSA) is 88.1 Å². The van der Waals surface area contributed by atoms with Gasteiger partial charge in [-0.05, 0) is 85.9 Å². The predicted molar refractivity (Wildman–Crippen MR) is 102 cm³/mol. The summed E-state index contributed by atoms with van der Waals surface area (Å²) in [5.74, 6) is 2.10. The average molecular weight is 365 g/mol. The standard InChI is InChI=1S/C21H36N2O3/c1-20-7-5-13(23-26-10-9-22)11-17(20)18(24)12-14-15-3-4-19(25)21(15,2)8-6-16(14)20/h14-19,24-25H,3-12,22H2,1-2H3/b23-13-/t14-,15-,16-,17-,18-,19-,20+,21-/m0/s1. The number of aliphatic hydroxyl groups excluding tert-OH is 2. The molecule has 0 saturated heterocycles. The average Bonchev–Trinajstić information content (AvgIpc) is 2.92. The molecular formula is C21H36N2O3. The Kier molecular flexibility index (Phi) is 4.85. The highest BCUT2D eigenvalue weighted by molar-refractivity contribution is 5.85. The van der Waals surface area contributed by atoms with E-state index in [1.807, 2.05) is 0 Å². The number of oxime groups is 1. The SMILES string of the molecule is C[C@]12CC/C(=N/OCCN)C[C@H]1[C@@H](O)C[C@@H]1[C@@H]2CC[C@]2(C)[C@@H](O)CC[C@@H]12. The summed E-state index contributed by atoms with van der Waals surface area (Å²) in [5, 5.41) is 26.0. The molecule has 148 valence electrons. The molecule has 0 heterocycles. The van der Waals surface area contributed by atoms with Gasteiger partial charge in [-0.1, -0.05) is 19.0 Å². The van der Waals surface area contributed by atoms with Gasteiger partial charge in [0.15, 0.2) is 0 Å². The minimum Gasteiger partial charge on any atom is -0.395 e. The molecule has 0 aromatic heterocycles. The molecule has 4 saturated carbocycles. The van der Waals surface area contributed by atoms with E-state index in [4.69, 9.17) is 10.6 Å². The molecule has 0 amide bonds. The van der Waals surface area contributed by atoms with E-state index in [2.05, 4.69) is 19.0 Å². The maximum absolute atomic E-state index is 11.1. The van der Waals surface area contributed by atoms with E-state index < -0.39 is 0 Å². The number of rotatable bonds is 3. The molecule has 0 aliphatic heterocycles. The van der Waals surface area contributed by atoms with Crippen LogP contribution in [0.15, 0.2) is 5.16 Å². The Morgan fingerprint density at radius 2 is 1.85 bits per heavy atom. The number of fused-ring (bicyclic) bond motifs is 5. The summed E-state index contributed by atoms with van der Waals surface area (Å²) in [7, 11) is 0. The molecule has 5 nitrogen and oxygen atoms in total. The molecule has 0 aromatic carbocycles. The second-order valence-corrected chi connectivity index (χ2v) is 9.91. The van der Waals surface area contributed by atoms with Crippen LogP contribution in [0.25, 0.3) is 0 Å². The minimum atomic E-state index is -0.263. The first kappa shape index (κ1) is 18.7. The lowest BCUT2D eigenvalue weighted by Gasteiger charge is -2.61. The smallest absolute Gasteiger partial charge is 0.129 e. The molecule has 4 N–H and O–H groups in total. The first-order valence-electron chi connectivity index (χ1n) is 10.6. The van der Waals surface area contributed by atoms with E-state index in [-0.39, 0.29) is 29.0 Å². The van der Waals surface area contributed by atoms with Crippen molar-refractivity contribution < 1.29 is 15.1 Å². The third-order valence-electron chi connectivity index (χ3n) is 8.87. The summed E-state index contributed by atoms with van der Waals surface area (Å²) >= 11 is 0. The number of nitrogens with two attached hydrogens (primary N) is 1. The number of hydrogen-bond donors (Lipinski definition) is 3. The van der Waals surface area contributed by atoms with Crippen LogP contribution in [0.4, 0.5) is 0 Å². The third kappa shape index (κ3) is 2.73. The van der Waals surface area contributed by atoms with Gasteiger partial charge in [0.05, 0.1) is 17.9 Å². The number of hydrogen-bond acceptors (Lipinski definition) is 5. The van der Waals surface area contributed by atoms with E-state index in [9.17, 15) is 10.2 Å². The highest BCUT2D eigenvalue weighted by Gasteiger charge is 2.61. The van der Waals surface area contributed by atoms with E-state index in [1.165, 1.54) is 6.42 Å². The van der Waals surface area contributed by atoms with E-state index in [0.29, 0.717) is 30.9 Å². The molecule has 4 aliphatic rings. The summed E-state index contributed by atoms with van der Waals surface area (Å²) in [5.41, 5.74) is 6.83. The Bertz CT molecular complexity index is 567. The summed E-state index contributed by atoms with van der Waals surface area (Å²) in [4.78, 5) is 5.31. The molecule has 4 fully saturated rings. The van der Waals surface area contributed by atoms with Gasteiger partial charge < -0.3 is 20.8 Å². The molecule has 0 spiro atoms. The van der Waals surface area contributed by atoms with Crippen LogP contribution < -0.4 is 5.73 Å². The van der Waals surface area contributed by atoms with Gasteiger partial charge in [-0.2, -0.15) is 0 Å². The summed E-state index contributed by atoms with van der Waals surface area (Å²) in [6.45, 7) is 5.66. The fraction of sp³-hybridized carbons (Fsp3) is 0.952. The van der Waals surface area contributed by atoms with Gasteiger partial charge in [-0.15, -0.1) is 0 Å². The van der Waals surface area contributed by atoms with Crippen molar-refractivity contribution in [2.45, 2.75) is 77.4 Å². The molecule has 5 heteroatoms. The third-order valence-corrected chi connectivity index (χ3v) is 8.87. The Morgan fingerprint density at radius 3 is 2.62 bits per heavy atom. The van der Waals surface area contributed by atoms with Crippen molar-refractivity contribution in [2.75, 3.05) is 13.2 Å². The zero-order valence-corrected chi connectivity index (χ0v) is 16.4. The number of nitrogens with zero attached hydrogens (tertiary/aromatic N) is 1. The fourth-order valence-corrected chi connectivity index (χ4v) is 7.35. The summed E-state index contributed by atoms with van der Waals surface area (Å²) < 4.78 is 0. The van der Waals surface area contributed by atoms with Crippen molar-refractivity contribution in [3.8, 4) is 0 Å². The van der Waals surface area contributed by atoms with Gasteiger partial charge in [0, 0.05) is 6.54 Å². The Labute approximate surface area is 157 Å². The van der Waals surface area contributed by atoms with Gasteiger partial charge in [0.1, 0.15) is 6.61 Å². The largest absolute Gasteiger partial charge is 0.395 e. The Balaban J connectivity index is 1.55. The number of aliphatic hydroxyl groups is 2. The lowest BCUT2D eigenvalue weighted by atomic mass is 9.44. The van der Waals surface area contributed by atoms with E-state index in [0.717, 1.165) is 50.7 Å². The van der Waals surface area contributed by atoms with Crippen molar-refractivity contribution in [1.29, 1.82) is 0 Å². The van der Waals surface area contributed by atoms with Crippen molar-refractivity contribution >= 4 is 5.71 Å². The lowest BCUT2D eigenvalue weighted by Crippen LogP contribution is -2.58. The lowest BCUT2D eigenvalue weighted by molar-refractivity contribution is -0.153. The zero-order valence-electron chi connectivity index (χ0n) is 16.4. The van der Waals surface area contributed by atoms with Gasteiger partial charge in [-0.25, -0.2) is 0 Å². The second kappa shape index (κ2) is 6.75. The molecule has 0 bridgehead atoms. The van der Waals surface area contributed by atoms with Gasteiger partial charge in [0.2, 0.25) is 0 Å². The van der Waals surface area contributed by atoms with Crippen LogP contribution in [0, 0.1) is 34.5 Å². The highest BCUT2D eigenvalue weighted by atomic mass is 16.6. The molecule has 26 heavy (non-hydrogen) atoms. The fourth-order valence-electron chi connectivity index (χ4n) is 7.35. The van der Waals surface area contributed by atoms with Crippen LogP contribution in [0.3, 0.4) is 0 Å². The van der Waals surface area contributed by atoms with Crippen LogP contribution >= 0.6 is 0 Å². The van der Waals surface area contributed by atoms with Gasteiger partial charge in [-0.3, -0.25) is 0 Å². The highest BCUT2D eigenvalue weighted by Crippen LogP contribution is 2.65. The normalized spacial score (nSPS) is 52.3. The molecule has 0 radical (unpaired) electrons. The molecule has 8 atom stereocenters. The maximum atomic E-state index is 11.1. The molecule has 0 unspecified atom stereocenters. The first-order chi connectivity index (χ1) is 12.4. The monoisotopic (exact) mass is 364 g/mol. The first-order valence-corrected chi connectivity index (χ1v) is 10.6. The Hall–Kier alpha value is -0.650. The molecular weight excluding hydrogens is 328 g/mol. The van der Waals surface area contributed by atoms with Crippen molar-refractivity contribution in [3.05, 3.63) is 0 Å². The quantitative estimate of drug-likeness (QED) is 0.531. The van der Waals surface area contributed by atoms with Crippen molar-refractivity contribution in [1.82, 2.24) is 0 Å². The van der Waals surface area contributed by atoms with Crippen LogP contribution in [0.5, 0.6) is 0 Å². The van der Waals surface area contributed by atoms with Crippen molar-refractivity contribution in [2.24, 2.45) is 45.4 Å². The van der Waals surface area contributed by atoms with Crippen LogP contribution in [-0.2, 0) is 4.84 Å². The maximum Gasteiger partial charge on any atom is 0.129 e. The van der Waals surface area contributed by atoms with E-state index in [1.54, 1.807) is 0 Å². The van der Waals surface area contributed by atoms with Crippen LogP contribution in [0.1, 0.15) is 65.2 Å². The van der Waals surface area contributed by atoms with Gasteiger partial charge >= 0.3 is 0 Å². The summed E-state index contributed by atoms with van der Waals surface area (Å²) in [6.07, 6.45) is 7.81. The minimum absolute atomic E-state index is 0.0709. The van der Waals surface area contributed by atoms with Gasteiger partial charge in [0.25, 0.3) is 0 Å². The van der Waals surface area contributed by atoms with Crippen molar-refractivity contribution in [3.63, 3.8) is 0 Å². The predicted octanol–water partition coefficient (Wildman–Crippen LogP) is 2.69. The zero-order chi connectivity index (χ0) is 18.5. The summed E-state index contributed by atoms with van der Waals surface area (Å²) in [6, 6.07) is 0. The van der Waals surface area contributed by atoms with Crippen LogP contribution in [0.2, 0.25) is 0 Å². The molecule has 4 aliphatic carbocycles. The molecule has 4 rings (SSSR count). The molecule has 0 aromatic rings. The Morgan fingerprint density at radius 1 is 1.08 bits per heavy atom. The second-order valence-electron chi connectivity index (χ2n) is 9.91. The van der Waals surface area contributed by atoms with Crippen LogP contribution in [-0.4, -0.2) is 41.3 Å².